The summed E-state index contributed by atoms with van der Waals surface area (Å²) < 4.78 is 0. The molecule has 3 nitrogen and oxygen atoms in total. The summed E-state index contributed by atoms with van der Waals surface area (Å²) in [5.41, 5.74) is 0. The maximum atomic E-state index is 4.22. The summed E-state index contributed by atoms with van der Waals surface area (Å²) in [6.45, 7) is 5.97. The van der Waals surface area contributed by atoms with Gasteiger partial charge in [-0.3, -0.25) is 4.99 Å². The molecule has 1 aliphatic rings. The van der Waals surface area contributed by atoms with Gasteiger partial charge in [0, 0.05) is 6.54 Å². The second-order valence-electron chi connectivity index (χ2n) is 2.04. The predicted octanol–water partition coefficient (Wildman–Crippen LogP) is -0.402. The van der Waals surface area contributed by atoms with Crippen LogP contribution in [0.15, 0.2) is 4.99 Å². The molecule has 1 rings (SSSR count). The summed E-state index contributed by atoms with van der Waals surface area (Å²) in [7, 11) is 0. The Hall–Kier alpha value is -0.570. The van der Waals surface area contributed by atoms with Gasteiger partial charge in [-0.05, 0) is 6.54 Å². The van der Waals surface area contributed by atoms with Gasteiger partial charge in [0.1, 0.15) is 5.84 Å². The molecular formula is C6H13N3. The van der Waals surface area contributed by atoms with Crippen molar-refractivity contribution < 1.29 is 0 Å². The quantitative estimate of drug-likeness (QED) is 0.541. The van der Waals surface area contributed by atoms with E-state index in [0.29, 0.717) is 0 Å². The number of rotatable bonds is 3. The van der Waals surface area contributed by atoms with Crippen LogP contribution in [0, 0.1) is 0 Å². The molecule has 0 radical (unpaired) electrons. The van der Waals surface area contributed by atoms with Gasteiger partial charge >= 0.3 is 0 Å². The van der Waals surface area contributed by atoms with Gasteiger partial charge in [0.25, 0.3) is 0 Å². The van der Waals surface area contributed by atoms with E-state index < -0.39 is 0 Å². The lowest BCUT2D eigenvalue weighted by atomic mass is 10.5. The van der Waals surface area contributed by atoms with E-state index >= 15 is 0 Å². The maximum Gasteiger partial charge on any atom is 0.110 e. The van der Waals surface area contributed by atoms with Crippen LogP contribution >= 0.6 is 0 Å². The summed E-state index contributed by atoms with van der Waals surface area (Å²) in [5, 5.41) is 6.38. The van der Waals surface area contributed by atoms with E-state index in [4.69, 9.17) is 0 Å². The molecule has 52 valence electrons. The van der Waals surface area contributed by atoms with E-state index in [2.05, 4.69) is 22.5 Å². The topological polar surface area (TPSA) is 36.4 Å². The molecule has 0 amide bonds. The highest BCUT2D eigenvalue weighted by Gasteiger charge is 2.01. The fourth-order valence-electron chi connectivity index (χ4n) is 0.809. The molecule has 0 unspecified atom stereocenters. The average molecular weight is 127 g/mol. The fraction of sp³-hybridized carbons (Fsp3) is 0.833. The average Bonchev–Trinajstić information content (AvgIpc) is 2.34. The van der Waals surface area contributed by atoms with E-state index in [1.54, 1.807) is 0 Å². The Morgan fingerprint density at radius 3 is 3.22 bits per heavy atom. The van der Waals surface area contributed by atoms with Gasteiger partial charge in [0.15, 0.2) is 0 Å². The zero-order valence-corrected chi connectivity index (χ0v) is 5.78. The van der Waals surface area contributed by atoms with Crippen LogP contribution in [-0.4, -0.2) is 32.0 Å². The summed E-state index contributed by atoms with van der Waals surface area (Å²) in [6.07, 6.45) is 0. The number of nitrogens with one attached hydrogen (secondary N) is 2. The highest BCUT2D eigenvalue weighted by atomic mass is 15.1. The molecule has 1 aliphatic heterocycles. The molecule has 0 aliphatic carbocycles. The molecule has 0 aromatic rings. The minimum Gasteiger partial charge on any atom is -0.371 e. The number of likely N-dealkylation sites (N-methyl/N-ethyl adjacent to an activating group) is 1. The summed E-state index contributed by atoms with van der Waals surface area (Å²) in [6, 6.07) is 0. The second-order valence-corrected chi connectivity index (χ2v) is 2.04. The van der Waals surface area contributed by atoms with Crippen molar-refractivity contribution in [3.63, 3.8) is 0 Å². The Balaban J connectivity index is 2.11. The van der Waals surface area contributed by atoms with Crippen LogP contribution in [-0.2, 0) is 0 Å². The monoisotopic (exact) mass is 127 g/mol. The SMILES string of the molecule is CCNCC1=NCCN1. The molecule has 2 N–H and O–H groups in total. The fourth-order valence-corrected chi connectivity index (χ4v) is 0.809. The van der Waals surface area contributed by atoms with Gasteiger partial charge in [-0.15, -0.1) is 0 Å². The molecule has 0 saturated heterocycles. The van der Waals surface area contributed by atoms with Gasteiger partial charge in [-0.2, -0.15) is 0 Å². The number of hydrogen-bond donors (Lipinski definition) is 2. The minimum atomic E-state index is 0.899. The van der Waals surface area contributed by atoms with Crippen molar-refractivity contribution in [1.82, 2.24) is 10.6 Å². The molecule has 0 spiro atoms. The maximum absolute atomic E-state index is 4.22. The van der Waals surface area contributed by atoms with E-state index in [0.717, 1.165) is 32.0 Å². The first-order valence-corrected chi connectivity index (χ1v) is 3.41. The van der Waals surface area contributed by atoms with Gasteiger partial charge < -0.3 is 10.6 Å². The summed E-state index contributed by atoms with van der Waals surface area (Å²) in [4.78, 5) is 4.22. The highest BCUT2D eigenvalue weighted by Crippen LogP contribution is 1.81. The van der Waals surface area contributed by atoms with Crippen LogP contribution in [0.25, 0.3) is 0 Å². The number of amidine groups is 1. The first kappa shape index (κ1) is 6.55. The smallest absolute Gasteiger partial charge is 0.110 e. The minimum absolute atomic E-state index is 0.899. The molecule has 1 heterocycles. The lowest BCUT2D eigenvalue weighted by molar-refractivity contribution is 0.804. The third-order valence-corrected chi connectivity index (χ3v) is 1.29. The lowest BCUT2D eigenvalue weighted by Crippen LogP contribution is -2.30. The van der Waals surface area contributed by atoms with Crippen molar-refractivity contribution in [2.75, 3.05) is 26.2 Å². The normalized spacial score (nSPS) is 17.2. The first-order chi connectivity index (χ1) is 4.43. The van der Waals surface area contributed by atoms with E-state index in [-0.39, 0.29) is 0 Å². The van der Waals surface area contributed by atoms with Crippen LogP contribution in [0.5, 0.6) is 0 Å². The Labute approximate surface area is 55.6 Å². The predicted molar refractivity (Wildman–Crippen MR) is 38.8 cm³/mol. The molecular weight excluding hydrogens is 114 g/mol. The van der Waals surface area contributed by atoms with Crippen LogP contribution in [0.4, 0.5) is 0 Å². The molecule has 0 aromatic carbocycles. The molecule has 3 heteroatoms. The molecule has 0 bridgehead atoms. The third-order valence-electron chi connectivity index (χ3n) is 1.29. The Morgan fingerprint density at radius 2 is 2.67 bits per heavy atom. The zero-order chi connectivity index (χ0) is 6.53. The number of hydrogen-bond acceptors (Lipinski definition) is 3. The van der Waals surface area contributed by atoms with E-state index in [1.165, 1.54) is 0 Å². The van der Waals surface area contributed by atoms with Crippen LogP contribution in [0.3, 0.4) is 0 Å². The van der Waals surface area contributed by atoms with Crippen LogP contribution in [0.2, 0.25) is 0 Å². The van der Waals surface area contributed by atoms with Crippen LogP contribution in [0.1, 0.15) is 6.92 Å². The van der Waals surface area contributed by atoms with Crippen molar-refractivity contribution in [3.8, 4) is 0 Å². The zero-order valence-electron chi connectivity index (χ0n) is 5.78. The highest BCUT2D eigenvalue weighted by molar-refractivity contribution is 5.85. The first-order valence-electron chi connectivity index (χ1n) is 3.41. The Morgan fingerprint density at radius 1 is 1.78 bits per heavy atom. The van der Waals surface area contributed by atoms with Gasteiger partial charge in [-0.25, -0.2) is 0 Å². The number of nitrogens with zero attached hydrogens (tertiary/aromatic N) is 1. The van der Waals surface area contributed by atoms with E-state index in [1.807, 2.05) is 0 Å². The third kappa shape index (κ3) is 2.01. The van der Waals surface area contributed by atoms with Crippen molar-refractivity contribution >= 4 is 5.84 Å². The van der Waals surface area contributed by atoms with Crippen molar-refractivity contribution in [2.24, 2.45) is 4.99 Å². The second kappa shape index (κ2) is 3.45. The summed E-state index contributed by atoms with van der Waals surface area (Å²) in [5.74, 6) is 1.11. The number of aliphatic imine (C=N–C) groups is 1. The van der Waals surface area contributed by atoms with Gasteiger partial charge in [0.05, 0.1) is 13.1 Å². The van der Waals surface area contributed by atoms with Gasteiger partial charge in [-0.1, -0.05) is 6.92 Å². The van der Waals surface area contributed by atoms with Crippen molar-refractivity contribution in [2.45, 2.75) is 6.92 Å². The molecule has 0 fully saturated rings. The van der Waals surface area contributed by atoms with Gasteiger partial charge in [0.2, 0.25) is 0 Å². The lowest BCUT2D eigenvalue weighted by Gasteiger charge is -2.00. The molecule has 0 aromatic heterocycles. The standard InChI is InChI=1S/C6H13N3/c1-2-7-5-6-8-3-4-9-6/h7H,2-5H2,1H3,(H,8,9). The Bertz CT molecular complexity index is 109. The Kier molecular flexibility index (Phi) is 2.51. The molecule has 9 heavy (non-hydrogen) atoms. The molecule has 0 atom stereocenters. The summed E-state index contributed by atoms with van der Waals surface area (Å²) >= 11 is 0. The van der Waals surface area contributed by atoms with Crippen molar-refractivity contribution in [3.05, 3.63) is 0 Å². The van der Waals surface area contributed by atoms with Crippen molar-refractivity contribution in [1.29, 1.82) is 0 Å². The molecule has 0 saturated carbocycles. The largest absolute Gasteiger partial charge is 0.371 e. The van der Waals surface area contributed by atoms with Crippen LogP contribution < -0.4 is 10.6 Å². The van der Waals surface area contributed by atoms with E-state index in [9.17, 15) is 0 Å².